The first kappa shape index (κ1) is 17.8. The molecule has 9 nitrogen and oxygen atoms in total. The van der Waals surface area contributed by atoms with Gasteiger partial charge < -0.3 is 10.6 Å². The van der Waals surface area contributed by atoms with Crippen molar-refractivity contribution in [3.8, 4) is 0 Å². The highest BCUT2D eigenvalue weighted by atomic mass is 19.1. The number of anilines is 2. The van der Waals surface area contributed by atoms with Gasteiger partial charge in [-0.2, -0.15) is 4.39 Å². The van der Waals surface area contributed by atoms with Crippen LogP contribution in [0.5, 0.6) is 0 Å². The molecule has 130 valence electrons. The molecule has 0 fully saturated rings. The molecular weight excluding hydrogens is 335 g/mol. The van der Waals surface area contributed by atoms with Crippen molar-refractivity contribution >= 4 is 28.7 Å². The minimum atomic E-state index is -0.990. The van der Waals surface area contributed by atoms with Crippen molar-refractivity contribution in [3.63, 3.8) is 0 Å². The van der Waals surface area contributed by atoms with E-state index < -0.39 is 27.3 Å². The van der Waals surface area contributed by atoms with Crippen LogP contribution in [0.1, 0.15) is 5.56 Å². The summed E-state index contributed by atoms with van der Waals surface area (Å²) in [6.07, 6.45) is 0. The molecule has 0 aliphatic carbocycles. The number of hydrogen-bond donors (Lipinski definition) is 2. The second-order valence-corrected chi connectivity index (χ2v) is 5.10. The maximum Gasteiger partial charge on any atom is 0.306 e. The Balaban J connectivity index is 2.06. The van der Waals surface area contributed by atoms with Crippen molar-refractivity contribution in [1.82, 2.24) is 0 Å². The van der Waals surface area contributed by atoms with Crippen molar-refractivity contribution in [3.05, 3.63) is 68.0 Å². The van der Waals surface area contributed by atoms with Gasteiger partial charge in [0.2, 0.25) is 11.7 Å². The summed E-state index contributed by atoms with van der Waals surface area (Å²) < 4.78 is 13.2. The first-order chi connectivity index (χ1) is 11.8. The Labute approximate surface area is 140 Å². The molecule has 0 saturated heterocycles. The average Bonchev–Trinajstić information content (AvgIpc) is 2.55. The van der Waals surface area contributed by atoms with Crippen LogP contribution in [0, 0.1) is 33.0 Å². The molecule has 0 aromatic heterocycles. The third-order valence-electron chi connectivity index (χ3n) is 3.22. The maximum absolute atomic E-state index is 13.2. The third kappa shape index (κ3) is 4.47. The number of hydrogen-bond acceptors (Lipinski definition) is 6. The largest absolute Gasteiger partial charge is 0.376 e. The van der Waals surface area contributed by atoms with Gasteiger partial charge in [-0.1, -0.05) is 6.07 Å². The number of rotatable bonds is 6. The van der Waals surface area contributed by atoms with E-state index in [1.807, 2.05) is 0 Å². The summed E-state index contributed by atoms with van der Waals surface area (Å²) in [7, 11) is 0. The van der Waals surface area contributed by atoms with Crippen LogP contribution < -0.4 is 10.6 Å². The highest BCUT2D eigenvalue weighted by Gasteiger charge is 2.17. The summed E-state index contributed by atoms with van der Waals surface area (Å²) in [5, 5.41) is 26.7. The van der Waals surface area contributed by atoms with Crippen molar-refractivity contribution in [2.75, 3.05) is 17.2 Å². The number of aryl methyl sites for hydroxylation is 1. The molecule has 10 heteroatoms. The van der Waals surface area contributed by atoms with Crippen LogP contribution in [0.15, 0.2) is 36.4 Å². The number of nitro benzene ring substituents is 2. The maximum atomic E-state index is 13.2. The molecule has 0 saturated carbocycles. The quantitative estimate of drug-likeness (QED) is 0.610. The Morgan fingerprint density at radius 1 is 1.08 bits per heavy atom. The van der Waals surface area contributed by atoms with E-state index in [0.29, 0.717) is 5.56 Å². The van der Waals surface area contributed by atoms with E-state index in [1.165, 1.54) is 18.2 Å². The van der Waals surface area contributed by atoms with Crippen LogP contribution in [0.2, 0.25) is 0 Å². The zero-order valence-electron chi connectivity index (χ0n) is 13.0. The van der Waals surface area contributed by atoms with Crippen molar-refractivity contribution in [2.45, 2.75) is 6.92 Å². The Morgan fingerprint density at radius 3 is 2.40 bits per heavy atom. The number of nitrogens with one attached hydrogen (secondary N) is 2. The van der Waals surface area contributed by atoms with E-state index in [-0.39, 0.29) is 23.6 Å². The van der Waals surface area contributed by atoms with E-state index in [1.54, 1.807) is 13.0 Å². The van der Waals surface area contributed by atoms with Gasteiger partial charge in [0.25, 0.3) is 5.69 Å². The highest BCUT2D eigenvalue weighted by Crippen LogP contribution is 2.25. The molecule has 25 heavy (non-hydrogen) atoms. The summed E-state index contributed by atoms with van der Waals surface area (Å²) in [6.45, 7) is 1.37. The molecule has 2 aromatic rings. The summed E-state index contributed by atoms with van der Waals surface area (Å²) in [5.41, 5.74) is -0.0964. The predicted molar refractivity (Wildman–Crippen MR) is 88.0 cm³/mol. The Hall–Kier alpha value is -3.56. The van der Waals surface area contributed by atoms with E-state index in [0.717, 1.165) is 12.1 Å². The average molecular weight is 348 g/mol. The first-order valence-corrected chi connectivity index (χ1v) is 7.00. The van der Waals surface area contributed by atoms with Crippen LogP contribution in [-0.2, 0) is 4.79 Å². The number of amides is 1. The summed E-state index contributed by atoms with van der Waals surface area (Å²) in [4.78, 5) is 32.1. The van der Waals surface area contributed by atoms with Gasteiger partial charge in [-0.05, 0) is 30.7 Å². The van der Waals surface area contributed by atoms with Crippen LogP contribution in [-0.4, -0.2) is 22.3 Å². The lowest BCUT2D eigenvalue weighted by Gasteiger charge is -2.09. The highest BCUT2D eigenvalue weighted by molar-refractivity contribution is 5.95. The van der Waals surface area contributed by atoms with E-state index in [4.69, 9.17) is 0 Å². The van der Waals surface area contributed by atoms with Crippen molar-refractivity contribution < 1.29 is 19.0 Å². The van der Waals surface area contributed by atoms with Gasteiger partial charge in [0.05, 0.1) is 16.4 Å². The molecule has 0 spiro atoms. The predicted octanol–water partition coefficient (Wildman–Crippen LogP) is 3.00. The molecule has 2 N–H and O–H groups in total. The lowest BCUT2D eigenvalue weighted by atomic mass is 10.2. The van der Waals surface area contributed by atoms with Crippen LogP contribution in [0.25, 0.3) is 0 Å². The number of nitro groups is 2. The van der Waals surface area contributed by atoms with Gasteiger partial charge in [-0.25, -0.2) is 0 Å². The molecule has 0 heterocycles. The van der Waals surface area contributed by atoms with Crippen LogP contribution >= 0.6 is 0 Å². The normalized spacial score (nSPS) is 10.2. The Kier molecular flexibility index (Phi) is 5.22. The monoisotopic (exact) mass is 348 g/mol. The zero-order valence-corrected chi connectivity index (χ0v) is 13.0. The molecule has 0 aliphatic rings. The SMILES string of the molecule is Cc1ccc(NC(=O)CNc2ccc(F)c([N+](=O)[O-])c2)c([N+](=O)[O-])c1. The number of benzene rings is 2. The van der Waals surface area contributed by atoms with Crippen molar-refractivity contribution in [1.29, 1.82) is 0 Å². The second-order valence-electron chi connectivity index (χ2n) is 5.10. The number of carbonyl (C=O) groups is 1. The number of carbonyl (C=O) groups excluding carboxylic acids is 1. The molecule has 0 aliphatic heterocycles. The Morgan fingerprint density at radius 2 is 1.76 bits per heavy atom. The molecule has 2 rings (SSSR count). The molecule has 0 bridgehead atoms. The lowest BCUT2D eigenvalue weighted by molar-refractivity contribution is -0.387. The number of halogens is 1. The zero-order chi connectivity index (χ0) is 18.6. The van der Waals surface area contributed by atoms with Crippen molar-refractivity contribution in [2.24, 2.45) is 0 Å². The molecule has 0 radical (unpaired) electrons. The Bertz CT molecular complexity index is 856. The topological polar surface area (TPSA) is 127 Å². The van der Waals surface area contributed by atoms with E-state index >= 15 is 0 Å². The fourth-order valence-electron chi connectivity index (χ4n) is 2.04. The summed E-state index contributed by atoms with van der Waals surface area (Å²) in [5.74, 6) is -1.59. The van der Waals surface area contributed by atoms with Crippen LogP contribution in [0.3, 0.4) is 0 Å². The fourth-order valence-corrected chi connectivity index (χ4v) is 2.04. The fraction of sp³-hybridized carbons (Fsp3) is 0.133. The van der Waals surface area contributed by atoms with Gasteiger partial charge in [0.15, 0.2) is 0 Å². The lowest BCUT2D eigenvalue weighted by Crippen LogP contribution is -2.22. The smallest absolute Gasteiger partial charge is 0.306 e. The molecule has 2 aromatic carbocycles. The van der Waals surface area contributed by atoms with Gasteiger partial charge >= 0.3 is 5.69 Å². The van der Waals surface area contributed by atoms with Gasteiger partial charge in [0, 0.05) is 17.8 Å². The minimum Gasteiger partial charge on any atom is -0.376 e. The van der Waals surface area contributed by atoms with E-state index in [9.17, 15) is 29.4 Å². The van der Waals surface area contributed by atoms with E-state index in [2.05, 4.69) is 10.6 Å². The molecule has 0 unspecified atom stereocenters. The summed E-state index contributed by atoms with van der Waals surface area (Å²) >= 11 is 0. The second kappa shape index (κ2) is 7.34. The first-order valence-electron chi connectivity index (χ1n) is 7.00. The van der Waals surface area contributed by atoms with Gasteiger partial charge in [-0.15, -0.1) is 0 Å². The standard InChI is InChI=1S/C15H13FN4O5/c1-9-2-5-12(14(6-9)20(24)25)18-15(21)8-17-10-3-4-11(16)13(7-10)19(22)23/h2-7,17H,8H2,1H3,(H,18,21). The van der Waals surface area contributed by atoms with Crippen LogP contribution in [0.4, 0.5) is 27.1 Å². The van der Waals surface area contributed by atoms with Gasteiger partial charge in [-0.3, -0.25) is 25.0 Å². The molecular formula is C15H13FN4O5. The molecule has 0 atom stereocenters. The number of nitrogens with zero attached hydrogens (tertiary/aromatic N) is 2. The van der Waals surface area contributed by atoms with Gasteiger partial charge in [0.1, 0.15) is 5.69 Å². The molecule has 1 amide bonds. The minimum absolute atomic E-state index is 0.0347. The third-order valence-corrected chi connectivity index (χ3v) is 3.22. The summed E-state index contributed by atoms with van der Waals surface area (Å²) in [6, 6.07) is 7.45.